The third kappa shape index (κ3) is 2.60. The molecule has 2 N–H and O–H groups in total. The standard InChI is InChI=1S/C10H11N5S/c11-9(16)10-13-7-15(14-10)6-4-8-3-1-2-5-12-8/h1-3,5,7H,4,6H2,(H2,11,16). The van der Waals surface area contributed by atoms with Gasteiger partial charge in [0.15, 0.2) is 0 Å². The summed E-state index contributed by atoms with van der Waals surface area (Å²) < 4.78 is 1.71. The van der Waals surface area contributed by atoms with Gasteiger partial charge in [0, 0.05) is 24.9 Å². The van der Waals surface area contributed by atoms with Gasteiger partial charge in [0.2, 0.25) is 5.82 Å². The van der Waals surface area contributed by atoms with Crippen LogP contribution >= 0.6 is 12.2 Å². The molecule has 0 fully saturated rings. The van der Waals surface area contributed by atoms with Crippen molar-refractivity contribution in [3.8, 4) is 0 Å². The van der Waals surface area contributed by atoms with Crippen LogP contribution in [-0.4, -0.2) is 24.7 Å². The molecule has 0 saturated heterocycles. The van der Waals surface area contributed by atoms with E-state index in [2.05, 4.69) is 15.1 Å². The summed E-state index contributed by atoms with van der Waals surface area (Å²) in [4.78, 5) is 8.44. The minimum absolute atomic E-state index is 0.219. The van der Waals surface area contributed by atoms with Gasteiger partial charge in [-0.15, -0.1) is 5.10 Å². The van der Waals surface area contributed by atoms with Crippen molar-refractivity contribution in [1.29, 1.82) is 0 Å². The van der Waals surface area contributed by atoms with E-state index in [0.29, 0.717) is 12.4 Å². The number of rotatable bonds is 4. The fourth-order valence-electron chi connectivity index (χ4n) is 1.29. The van der Waals surface area contributed by atoms with E-state index in [9.17, 15) is 0 Å². The van der Waals surface area contributed by atoms with E-state index >= 15 is 0 Å². The molecule has 0 aromatic carbocycles. The maximum Gasteiger partial charge on any atom is 0.208 e. The minimum Gasteiger partial charge on any atom is -0.387 e. The minimum atomic E-state index is 0.219. The van der Waals surface area contributed by atoms with E-state index in [1.165, 1.54) is 0 Å². The molecule has 0 saturated carbocycles. The molecule has 0 aliphatic carbocycles. The van der Waals surface area contributed by atoms with Crippen LogP contribution < -0.4 is 5.73 Å². The highest BCUT2D eigenvalue weighted by Gasteiger charge is 2.03. The monoisotopic (exact) mass is 233 g/mol. The zero-order chi connectivity index (χ0) is 11.4. The second kappa shape index (κ2) is 4.80. The number of nitrogens with two attached hydrogens (primary N) is 1. The fraction of sp³-hybridized carbons (Fsp3) is 0.200. The van der Waals surface area contributed by atoms with Crippen molar-refractivity contribution < 1.29 is 0 Å². The number of hydrogen-bond donors (Lipinski definition) is 1. The second-order valence-electron chi connectivity index (χ2n) is 3.27. The Morgan fingerprint density at radius 2 is 2.25 bits per heavy atom. The van der Waals surface area contributed by atoms with Crippen LogP contribution in [0.1, 0.15) is 11.5 Å². The summed E-state index contributed by atoms with van der Waals surface area (Å²) in [6.45, 7) is 0.715. The van der Waals surface area contributed by atoms with Crippen LogP contribution in [-0.2, 0) is 13.0 Å². The van der Waals surface area contributed by atoms with Gasteiger partial charge in [0.25, 0.3) is 0 Å². The number of nitrogens with zero attached hydrogens (tertiary/aromatic N) is 4. The Labute approximate surface area is 98.3 Å². The highest BCUT2D eigenvalue weighted by molar-refractivity contribution is 7.80. The maximum atomic E-state index is 5.42. The number of hydrogen-bond acceptors (Lipinski definition) is 4. The van der Waals surface area contributed by atoms with Crippen molar-refractivity contribution in [1.82, 2.24) is 19.7 Å². The topological polar surface area (TPSA) is 69.6 Å². The van der Waals surface area contributed by atoms with Crippen LogP contribution in [0.2, 0.25) is 0 Å². The second-order valence-corrected chi connectivity index (χ2v) is 3.71. The van der Waals surface area contributed by atoms with E-state index in [-0.39, 0.29) is 4.99 Å². The molecule has 2 rings (SSSR count). The summed E-state index contributed by atoms with van der Waals surface area (Å²) in [6.07, 6.45) is 4.20. The highest BCUT2D eigenvalue weighted by atomic mass is 32.1. The predicted octanol–water partition coefficient (Wildman–Crippen LogP) is 0.550. The third-order valence-corrected chi connectivity index (χ3v) is 2.26. The maximum absolute atomic E-state index is 5.42. The van der Waals surface area contributed by atoms with Gasteiger partial charge in [-0.1, -0.05) is 18.3 Å². The smallest absolute Gasteiger partial charge is 0.208 e. The molecule has 0 aliphatic heterocycles. The molecule has 2 aromatic heterocycles. The lowest BCUT2D eigenvalue weighted by Crippen LogP contribution is -2.12. The molecule has 2 aromatic rings. The zero-order valence-electron chi connectivity index (χ0n) is 8.58. The summed E-state index contributed by atoms with van der Waals surface area (Å²) in [6, 6.07) is 5.83. The Kier molecular flexibility index (Phi) is 3.21. The summed E-state index contributed by atoms with van der Waals surface area (Å²) in [5, 5.41) is 4.14. The van der Waals surface area contributed by atoms with Gasteiger partial charge >= 0.3 is 0 Å². The molecule has 0 unspecified atom stereocenters. The van der Waals surface area contributed by atoms with Gasteiger partial charge in [-0.05, 0) is 12.1 Å². The lowest BCUT2D eigenvalue weighted by atomic mass is 10.3. The first-order valence-electron chi connectivity index (χ1n) is 4.85. The number of thiocarbonyl (C=S) groups is 1. The number of aryl methyl sites for hydroxylation is 2. The Bertz CT molecular complexity index is 479. The van der Waals surface area contributed by atoms with Gasteiger partial charge in [-0.25, -0.2) is 4.98 Å². The Balaban J connectivity index is 1.97. The normalized spacial score (nSPS) is 10.2. The molecule has 16 heavy (non-hydrogen) atoms. The summed E-state index contributed by atoms with van der Waals surface area (Å²) in [5.41, 5.74) is 6.44. The molecule has 6 heteroatoms. The quantitative estimate of drug-likeness (QED) is 0.781. The molecule has 0 aliphatic rings. The van der Waals surface area contributed by atoms with E-state index < -0.39 is 0 Å². The summed E-state index contributed by atoms with van der Waals surface area (Å²) >= 11 is 4.78. The average Bonchev–Trinajstić information content (AvgIpc) is 2.76. The van der Waals surface area contributed by atoms with E-state index in [0.717, 1.165) is 12.1 Å². The molecule has 0 spiro atoms. The van der Waals surface area contributed by atoms with Crippen LogP contribution in [0.25, 0.3) is 0 Å². The number of aromatic nitrogens is 4. The lowest BCUT2D eigenvalue weighted by Gasteiger charge is -1.99. The van der Waals surface area contributed by atoms with Gasteiger partial charge in [0.1, 0.15) is 11.3 Å². The van der Waals surface area contributed by atoms with E-state index in [1.807, 2.05) is 18.2 Å². The number of pyridine rings is 1. The molecule has 0 bridgehead atoms. The van der Waals surface area contributed by atoms with Crippen LogP contribution in [0, 0.1) is 0 Å². The zero-order valence-corrected chi connectivity index (χ0v) is 9.39. The van der Waals surface area contributed by atoms with Crippen molar-refractivity contribution in [3.63, 3.8) is 0 Å². The van der Waals surface area contributed by atoms with Crippen LogP contribution in [0.15, 0.2) is 30.7 Å². The molecule has 5 nitrogen and oxygen atoms in total. The first-order valence-corrected chi connectivity index (χ1v) is 5.25. The molecule has 0 radical (unpaired) electrons. The average molecular weight is 233 g/mol. The van der Waals surface area contributed by atoms with Gasteiger partial charge in [0.05, 0.1) is 0 Å². The molecular weight excluding hydrogens is 222 g/mol. The van der Waals surface area contributed by atoms with Gasteiger partial charge in [-0.3, -0.25) is 9.67 Å². The van der Waals surface area contributed by atoms with E-state index in [1.54, 1.807) is 17.2 Å². The molecular formula is C10H11N5S. The van der Waals surface area contributed by atoms with E-state index in [4.69, 9.17) is 18.0 Å². The molecule has 0 atom stereocenters. The predicted molar refractivity (Wildman–Crippen MR) is 63.9 cm³/mol. The largest absolute Gasteiger partial charge is 0.387 e. The molecule has 82 valence electrons. The molecule has 0 amide bonds. The highest BCUT2D eigenvalue weighted by Crippen LogP contribution is 1.97. The SMILES string of the molecule is NC(=S)c1ncn(CCc2ccccn2)n1. The van der Waals surface area contributed by atoms with Crippen molar-refractivity contribution in [2.75, 3.05) is 0 Å². The van der Waals surface area contributed by atoms with Crippen molar-refractivity contribution in [3.05, 3.63) is 42.2 Å². The third-order valence-electron chi connectivity index (χ3n) is 2.08. The Hall–Kier alpha value is -1.82. The first kappa shape index (κ1) is 10.7. The first-order chi connectivity index (χ1) is 7.75. The van der Waals surface area contributed by atoms with Crippen molar-refractivity contribution in [2.24, 2.45) is 5.73 Å². The Morgan fingerprint density at radius 1 is 1.38 bits per heavy atom. The van der Waals surface area contributed by atoms with Crippen LogP contribution in [0.4, 0.5) is 0 Å². The van der Waals surface area contributed by atoms with Crippen LogP contribution in [0.5, 0.6) is 0 Å². The van der Waals surface area contributed by atoms with Crippen molar-refractivity contribution >= 4 is 17.2 Å². The van der Waals surface area contributed by atoms with Gasteiger partial charge in [-0.2, -0.15) is 0 Å². The van der Waals surface area contributed by atoms with Crippen LogP contribution in [0.3, 0.4) is 0 Å². The summed E-state index contributed by atoms with van der Waals surface area (Å²) in [7, 11) is 0. The summed E-state index contributed by atoms with van der Waals surface area (Å²) in [5.74, 6) is 0.413. The fourth-order valence-corrected chi connectivity index (χ4v) is 1.38. The van der Waals surface area contributed by atoms with Crippen molar-refractivity contribution in [2.45, 2.75) is 13.0 Å². The van der Waals surface area contributed by atoms with Gasteiger partial charge < -0.3 is 5.73 Å². The lowest BCUT2D eigenvalue weighted by molar-refractivity contribution is 0.606. The Morgan fingerprint density at radius 3 is 2.88 bits per heavy atom. The molecule has 2 heterocycles.